The van der Waals surface area contributed by atoms with Gasteiger partial charge in [0.05, 0.1) is 11.7 Å². The summed E-state index contributed by atoms with van der Waals surface area (Å²) < 4.78 is 2.09. The van der Waals surface area contributed by atoms with Gasteiger partial charge in [0.2, 0.25) is 5.91 Å². The van der Waals surface area contributed by atoms with Crippen LogP contribution in [0.2, 0.25) is 0 Å². The number of hydrogen-bond donors (Lipinski definition) is 1. The molecule has 0 saturated heterocycles. The molecule has 1 aromatic carbocycles. The van der Waals surface area contributed by atoms with E-state index in [9.17, 15) is 4.79 Å². The summed E-state index contributed by atoms with van der Waals surface area (Å²) in [5.41, 5.74) is 2.85. The lowest BCUT2D eigenvalue weighted by molar-refractivity contribution is -0.117. The van der Waals surface area contributed by atoms with E-state index in [2.05, 4.69) is 14.7 Å². The molecular formula is C20H21N3O. The number of nitrogens with zero attached hydrogens (tertiary/aromatic N) is 2. The Morgan fingerprint density at radius 1 is 1.17 bits per heavy atom. The summed E-state index contributed by atoms with van der Waals surface area (Å²) in [5, 5.41) is 2.97. The number of benzene rings is 1. The van der Waals surface area contributed by atoms with Gasteiger partial charge in [-0.25, -0.2) is 4.98 Å². The van der Waals surface area contributed by atoms with E-state index in [1.807, 2.05) is 73.9 Å². The summed E-state index contributed by atoms with van der Waals surface area (Å²) in [6, 6.07) is 15.9. The van der Waals surface area contributed by atoms with Crippen molar-refractivity contribution < 1.29 is 4.79 Å². The van der Waals surface area contributed by atoms with Crippen molar-refractivity contribution in [2.75, 3.05) is 6.54 Å². The van der Waals surface area contributed by atoms with Gasteiger partial charge in [-0.05, 0) is 37.1 Å². The Morgan fingerprint density at radius 3 is 2.79 bits per heavy atom. The topological polar surface area (TPSA) is 46.4 Å². The molecule has 0 aliphatic carbocycles. The molecule has 0 unspecified atom stereocenters. The zero-order valence-corrected chi connectivity index (χ0v) is 13.8. The van der Waals surface area contributed by atoms with Gasteiger partial charge in [-0.1, -0.05) is 36.4 Å². The van der Waals surface area contributed by atoms with Crippen LogP contribution in [0.25, 0.3) is 11.6 Å². The predicted molar refractivity (Wildman–Crippen MR) is 96.6 cm³/mol. The molecule has 4 heteroatoms. The number of hydrogen-bond acceptors (Lipinski definition) is 2. The molecule has 1 N–H and O–H groups in total. The average Bonchev–Trinajstić information content (AvgIpc) is 3.02. The second kappa shape index (κ2) is 7.59. The second-order valence-electron chi connectivity index (χ2n) is 5.77. The number of imidazole rings is 1. The van der Waals surface area contributed by atoms with Crippen LogP contribution in [0.5, 0.6) is 0 Å². The van der Waals surface area contributed by atoms with E-state index in [-0.39, 0.29) is 5.91 Å². The van der Waals surface area contributed by atoms with Gasteiger partial charge in [-0.3, -0.25) is 4.79 Å². The van der Waals surface area contributed by atoms with Gasteiger partial charge in [-0.2, -0.15) is 0 Å². The van der Waals surface area contributed by atoms with Crippen molar-refractivity contribution in [1.82, 2.24) is 14.7 Å². The van der Waals surface area contributed by atoms with Crippen molar-refractivity contribution in [1.29, 1.82) is 0 Å². The smallest absolute Gasteiger partial charge is 0.246 e. The maximum Gasteiger partial charge on any atom is 0.246 e. The molecule has 3 aromatic rings. The number of fused-ring (bicyclic) bond motifs is 1. The lowest BCUT2D eigenvalue weighted by Gasteiger charge is -2.06. The first-order valence-corrected chi connectivity index (χ1v) is 8.16. The normalized spacial score (nSPS) is 11.6. The van der Waals surface area contributed by atoms with Crippen LogP contribution in [0, 0.1) is 0 Å². The molecule has 1 amide bonds. The lowest BCUT2D eigenvalue weighted by Crippen LogP contribution is -2.25. The lowest BCUT2D eigenvalue weighted by atomic mass is 10.1. The Morgan fingerprint density at radius 2 is 1.96 bits per heavy atom. The van der Waals surface area contributed by atoms with Crippen LogP contribution in [0.1, 0.15) is 24.7 Å². The highest BCUT2D eigenvalue weighted by atomic mass is 16.1. The summed E-state index contributed by atoms with van der Waals surface area (Å²) in [7, 11) is 0. The van der Waals surface area contributed by atoms with Crippen LogP contribution in [-0.2, 0) is 11.2 Å². The SMILES string of the molecule is C/C(=C\c1ccccc1)C(=O)NCCCc1ncc2ccccn12. The third-order valence-electron chi connectivity index (χ3n) is 3.92. The highest BCUT2D eigenvalue weighted by Gasteiger charge is 2.05. The quantitative estimate of drug-likeness (QED) is 0.558. The summed E-state index contributed by atoms with van der Waals surface area (Å²) >= 11 is 0. The molecule has 0 atom stereocenters. The third-order valence-corrected chi connectivity index (χ3v) is 3.92. The van der Waals surface area contributed by atoms with Crippen LogP contribution in [0.3, 0.4) is 0 Å². The Bertz CT molecular complexity index is 849. The van der Waals surface area contributed by atoms with Crippen molar-refractivity contribution in [3.63, 3.8) is 0 Å². The first-order valence-electron chi connectivity index (χ1n) is 8.16. The van der Waals surface area contributed by atoms with E-state index in [1.54, 1.807) is 0 Å². The Balaban J connectivity index is 1.49. The number of pyridine rings is 1. The van der Waals surface area contributed by atoms with Gasteiger partial charge in [-0.15, -0.1) is 0 Å². The van der Waals surface area contributed by atoms with Gasteiger partial charge in [0.1, 0.15) is 5.82 Å². The zero-order valence-electron chi connectivity index (χ0n) is 13.8. The molecule has 0 aliphatic heterocycles. The van der Waals surface area contributed by atoms with E-state index in [4.69, 9.17) is 0 Å². The standard InChI is InChI=1S/C20H21N3O/c1-16(14-17-8-3-2-4-9-17)20(24)21-12-7-11-19-22-15-18-10-5-6-13-23(18)19/h2-6,8-10,13-15H,7,11-12H2,1H3,(H,21,24)/b16-14+. The van der Waals surface area contributed by atoms with Crippen molar-refractivity contribution in [2.24, 2.45) is 0 Å². The Labute approximate surface area is 141 Å². The second-order valence-corrected chi connectivity index (χ2v) is 5.77. The van der Waals surface area contributed by atoms with E-state index in [1.165, 1.54) is 0 Å². The van der Waals surface area contributed by atoms with Crippen LogP contribution in [0.4, 0.5) is 0 Å². The monoisotopic (exact) mass is 319 g/mol. The van der Waals surface area contributed by atoms with Crippen LogP contribution >= 0.6 is 0 Å². The first kappa shape index (κ1) is 16.0. The number of amides is 1. The average molecular weight is 319 g/mol. The molecule has 24 heavy (non-hydrogen) atoms. The molecule has 0 bridgehead atoms. The fourth-order valence-electron chi connectivity index (χ4n) is 2.64. The minimum Gasteiger partial charge on any atom is -0.352 e. The van der Waals surface area contributed by atoms with Crippen molar-refractivity contribution in [3.8, 4) is 0 Å². The molecule has 122 valence electrons. The molecule has 2 heterocycles. The number of nitrogens with one attached hydrogen (secondary N) is 1. The van der Waals surface area contributed by atoms with Crippen LogP contribution in [-0.4, -0.2) is 21.8 Å². The largest absolute Gasteiger partial charge is 0.352 e. The van der Waals surface area contributed by atoms with E-state index >= 15 is 0 Å². The summed E-state index contributed by atoms with van der Waals surface area (Å²) in [6.07, 6.45) is 7.49. The van der Waals surface area contributed by atoms with Gasteiger partial charge >= 0.3 is 0 Å². The molecule has 0 aliphatic rings. The maximum atomic E-state index is 12.1. The van der Waals surface area contributed by atoms with Gasteiger partial charge in [0, 0.05) is 24.7 Å². The Hall–Kier alpha value is -2.88. The van der Waals surface area contributed by atoms with E-state index < -0.39 is 0 Å². The Kier molecular flexibility index (Phi) is 5.06. The molecule has 4 nitrogen and oxygen atoms in total. The number of carbonyl (C=O) groups is 1. The maximum absolute atomic E-state index is 12.1. The molecule has 0 fully saturated rings. The number of aryl methyl sites for hydroxylation is 1. The van der Waals surface area contributed by atoms with Gasteiger partial charge in [0.15, 0.2) is 0 Å². The van der Waals surface area contributed by atoms with Crippen molar-refractivity contribution >= 4 is 17.5 Å². The van der Waals surface area contributed by atoms with Gasteiger partial charge < -0.3 is 9.72 Å². The molecule has 2 aromatic heterocycles. The zero-order chi connectivity index (χ0) is 16.8. The molecule has 0 spiro atoms. The van der Waals surface area contributed by atoms with Crippen molar-refractivity contribution in [3.05, 3.63) is 77.9 Å². The number of aromatic nitrogens is 2. The molecule has 0 radical (unpaired) electrons. The molecule has 0 saturated carbocycles. The van der Waals surface area contributed by atoms with Crippen LogP contribution in [0.15, 0.2) is 66.5 Å². The van der Waals surface area contributed by atoms with Crippen LogP contribution < -0.4 is 5.32 Å². The summed E-state index contributed by atoms with van der Waals surface area (Å²) in [6.45, 7) is 2.48. The third kappa shape index (κ3) is 3.90. The summed E-state index contributed by atoms with van der Waals surface area (Å²) in [4.78, 5) is 16.6. The van der Waals surface area contributed by atoms with Gasteiger partial charge in [0.25, 0.3) is 0 Å². The van der Waals surface area contributed by atoms with E-state index in [0.717, 1.165) is 29.7 Å². The fraction of sp³-hybridized carbons (Fsp3) is 0.200. The summed E-state index contributed by atoms with van der Waals surface area (Å²) in [5.74, 6) is 1.00. The van der Waals surface area contributed by atoms with Crippen molar-refractivity contribution in [2.45, 2.75) is 19.8 Å². The van der Waals surface area contributed by atoms with E-state index in [0.29, 0.717) is 12.1 Å². The molecular weight excluding hydrogens is 298 g/mol. The number of carbonyl (C=O) groups excluding carboxylic acids is 1. The number of rotatable bonds is 6. The fourth-order valence-corrected chi connectivity index (χ4v) is 2.64. The highest BCUT2D eigenvalue weighted by Crippen LogP contribution is 2.08. The minimum atomic E-state index is -0.0215. The molecule has 3 rings (SSSR count). The first-order chi connectivity index (χ1) is 11.7. The highest BCUT2D eigenvalue weighted by molar-refractivity contribution is 5.97. The predicted octanol–water partition coefficient (Wildman–Crippen LogP) is 3.49. The minimum absolute atomic E-state index is 0.0215.